The van der Waals surface area contributed by atoms with E-state index in [1.807, 2.05) is 25.3 Å². The smallest absolute Gasteiger partial charge is 0.258 e. The summed E-state index contributed by atoms with van der Waals surface area (Å²) in [6.45, 7) is 6.19. The number of aromatic nitrogens is 2. The van der Waals surface area contributed by atoms with Gasteiger partial charge in [0.1, 0.15) is 5.65 Å². The van der Waals surface area contributed by atoms with Crippen LogP contribution in [-0.4, -0.2) is 9.38 Å². The van der Waals surface area contributed by atoms with Crippen molar-refractivity contribution in [3.05, 3.63) is 75.3 Å². The van der Waals surface area contributed by atoms with E-state index in [1.165, 1.54) is 16.0 Å². The molecule has 0 saturated heterocycles. The maximum atomic E-state index is 12.2. The van der Waals surface area contributed by atoms with Gasteiger partial charge in [-0.05, 0) is 55.7 Å². The van der Waals surface area contributed by atoms with E-state index in [4.69, 9.17) is 0 Å². The third-order valence-corrected chi connectivity index (χ3v) is 4.75. The molecule has 3 nitrogen and oxygen atoms in total. The highest BCUT2D eigenvalue weighted by atomic mass is 32.2. The number of pyridine rings is 1. The van der Waals surface area contributed by atoms with Crippen LogP contribution in [0.1, 0.15) is 22.4 Å². The maximum absolute atomic E-state index is 12.2. The van der Waals surface area contributed by atoms with Gasteiger partial charge in [-0.15, -0.1) is 11.8 Å². The van der Waals surface area contributed by atoms with Gasteiger partial charge in [-0.25, -0.2) is 4.98 Å². The molecule has 0 spiro atoms. The molecule has 22 heavy (non-hydrogen) atoms. The second-order valence-corrected chi connectivity index (χ2v) is 6.60. The molecule has 0 aliphatic carbocycles. The van der Waals surface area contributed by atoms with Crippen LogP contribution in [0.2, 0.25) is 0 Å². The second kappa shape index (κ2) is 5.97. The Balaban J connectivity index is 1.86. The van der Waals surface area contributed by atoms with E-state index in [0.717, 1.165) is 11.3 Å². The van der Waals surface area contributed by atoms with Gasteiger partial charge in [0.25, 0.3) is 5.56 Å². The van der Waals surface area contributed by atoms with E-state index in [-0.39, 0.29) is 5.56 Å². The number of fused-ring (bicyclic) bond motifs is 1. The average Bonchev–Trinajstić information content (AvgIpc) is 2.49. The van der Waals surface area contributed by atoms with Crippen molar-refractivity contribution in [1.82, 2.24) is 9.38 Å². The SMILES string of the molecule is Cc1ccc2nc(CSc3ccc(C)c(C)c3)cc(=O)n2c1. The van der Waals surface area contributed by atoms with Crippen LogP contribution in [0.5, 0.6) is 0 Å². The second-order valence-electron chi connectivity index (χ2n) is 5.56. The molecule has 2 aromatic heterocycles. The molecular formula is C18H18N2OS. The molecule has 0 radical (unpaired) electrons. The molecule has 0 aliphatic rings. The molecule has 0 saturated carbocycles. The highest BCUT2D eigenvalue weighted by molar-refractivity contribution is 7.98. The summed E-state index contributed by atoms with van der Waals surface area (Å²) in [5, 5.41) is 0. The summed E-state index contributed by atoms with van der Waals surface area (Å²) in [5.41, 5.74) is 5.12. The normalized spacial score (nSPS) is 11.0. The van der Waals surface area contributed by atoms with Crippen molar-refractivity contribution in [2.45, 2.75) is 31.4 Å². The van der Waals surface area contributed by atoms with Crippen molar-refractivity contribution in [1.29, 1.82) is 0 Å². The summed E-state index contributed by atoms with van der Waals surface area (Å²) in [7, 11) is 0. The van der Waals surface area contributed by atoms with Crippen LogP contribution in [0.4, 0.5) is 0 Å². The number of benzene rings is 1. The largest absolute Gasteiger partial charge is 0.269 e. The lowest BCUT2D eigenvalue weighted by Crippen LogP contribution is -2.15. The Labute approximate surface area is 134 Å². The van der Waals surface area contributed by atoms with Crippen molar-refractivity contribution in [2.24, 2.45) is 0 Å². The van der Waals surface area contributed by atoms with E-state index in [0.29, 0.717) is 11.4 Å². The van der Waals surface area contributed by atoms with Gasteiger partial charge in [-0.3, -0.25) is 9.20 Å². The van der Waals surface area contributed by atoms with Gasteiger partial charge in [-0.2, -0.15) is 0 Å². The fourth-order valence-electron chi connectivity index (χ4n) is 2.29. The van der Waals surface area contributed by atoms with E-state index in [9.17, 15) is 4.79 Å². The molecule has 0 atom stereocenters. The van der Waals surface area contributed by atoms with Crippen LogP contribution in [0.3, 0.4) is 0 Å². The minimum absolute atomic E-state index is 0.0237. The van der Waals surface area contributed by atoms with Crippen molar-refractivity contribution in [2.75, 3.05) is 0 Å². The first kappa shape index (κ1) is 14.9. The zero-order valence-electron chi connectivity index (χ0n) is 13.0. The summed E-state index contributed by atoms with van der Waals surface area (Å²) in [6.07, 6.45) is 1.82. The zero-order valence-corrected chi connectivity index (χ0v) is 13.8. The van der Waals surface area contributed by atoms with Crippen molar-refractivity contribution >= 4 is 17.4 Å². The fourth-order valence-corrected chi connectivity index (χ4v) is 3.18. The van der Waals surface area contributed by atoms with Gasteiger partial charge in [0.05, 0.1) is 5.69 Å². The van der Waals surface area contributed by atoms with Gasteiger partial charge < -0.3 is 0 Å². The van der Waals surface area contributed by atoms with Crippen molar-refractivity contribution < 1.29 is 0 Å². The molecule has 0 bridgehead atoms. The van der Waals surface area contributed by atoms with Gasteiger partial charge in [0.15, 0.2) is 0 Å². The number of hydrogen-bond donors (Lipinski definition) is 0. The molecule has 0 aliphatic heterocycles. The van der Waals surface area contributed by atoms with Crippen LogP contribution in [0, 0.1) is 20.8 Å². The lowest BCUT2D eigenvalue weighted by Gasteiger charge is -2.06. The van der Waals surface area contributed by atoms with E-state index >= 15 is 0 Å². The Kier molecular flexibility index (Phi) is 4.03. The van der Waals surface area contributed by atoms with E-state index in [1.54, 1.807) is 22.2 Å². The Morgan fingerprint density at radius 2 is 1.86 bits per heavy atom. The van der Waals surface area contributed by atoms with Crippen LogP contribution in [0.25, 0.3) is 5.65 Å². The standard InChI is InChI=1S/C18H18N2OS/c1-12-4-7-17-19-15(9-18(21)20(17)10-12)11-22-16-6-5-13(2)14(3)8-16/h4-10H,11H2,1-3H3. The summed E-state index contributed by atoms with van der Waals surface area (Å²) in [4.78, 5) is 18.0. The van der Waals surface area contributed by atoms with Crippen LogP contribution in [-0.2, 0) is 5.75 Å². The van der Waals surface area contributed by atoms with Gasteiger partial charge >= 0.3 is 0 Å². The van der Waals surface area contributed by atoms with Crippen LogP contribution in [0.15, 0.2) is 52.3 Å². The summed E-state index contributed by atoms with van der Waals surface area (Å²) in [5.74, 6) is 0.697. The van der Waals surface area contributed by atoms with Gasteiger partial charge in [0.2, 0.25) is 0 Å². The fraction of sp³-hybridized carbons (Fsp3) is 0.222. The number of aryl methyl sites for hydroxylation is 3. The minimum Gasteiger partial charge on any atom is -0.269 e. The average molecular weight is 310 g/mol. The third kappa shape index (κ3) is 3.07. The van der Waals surface area contributed by atoms with Crippen LogP contribution < -0.4 is 5.56 Å². The van der Waals surface area contributed by atoms with E-state index < -0.39 is 0 Å². The number of hydrogen-bond acceptors (Lipinski definition) is 3. The predicted octanol–water partition coefficient (Wildman–Crippen LogP) is 3.91. The topological polar surface area (TPSA) is 34.4 Å². The molecule has 0 unspecified atom stereocenters. The lowest BCUT2D eigenvalue weighted by molar-refractivity contribution is 1.00. The first-order chi connectivity index (χ1) is 10.5. The predicted molar refractivity (Wildman–Crippen MR) is 91.7 cm³/mol. The zero-order chi connectivity index (χ0) is 15.7. The Bertz CT molecular complexity index is 899. The van der Waals surface area contributed by atoms with Crippen molar-refractivity contribution in [3.63, 3.8) is 0 Å². The van der Waals surface area contributed by atoms with Crippen molar-refractivity contribution in [3.8, 4) is 0 Å². The summed E-state index contributed by atoms with van der Waals surface area (Å²) < 4.78 is 1.60. The lowest BCUT2D eigenvalue weighted by atomic mass is 10.1. The molecule has 112 valence electrons. The van der Waals surface area contributed by atoms with Gasteiger partial charge in [-0.1, -0.05) is 12.1 Å². The Hall–Kier alpha value is -2.07. The monoisotopic (exact) mass is 310 g/mol. The highest BCUT2D eigenvalue weighted by Crippen LogP contribution is 2.24. The molecule has 1 aromatic carbocycles. The molecule has 0 N–H and O–H groups in total. The number of rotatable bonds is 3. The molecular weight excluding hydrogens is 292 g/mol. The minimum atomic E-state index is -0.0237. The van der Waals surface area contributed by atoms with Gasteiger partial charge in [0, 0.05) is 22.9 Å². The third-order valence-electron chi connectivity index (χ3n) is 3.73. The van der Waals surface area contributed by atoms with Crippen LogP contribution >= 0.6 is 11.8 Å². The first-order valence-electron chi connectivity index (χ1n) is 7.22. The Morgan fingerprint density at radius 1 is 1.05 bits per heavy atom. The first-order valence-corrected chi connectivity index (χ1v) is 8.20. The number of thioether (sulfide) groups is 1. The summed E-state index contributed by atoms with van der Waals surface area (Å²) in [6, 6.07) is 11.9. The Morgan fingerprint density at radius 3 is 2.64 bits per heavy atom. The van der Waals surface area contributed by atoms with E-state index in [2.05, 4.69) is 37.0 Å². The maximum Gasteiger partial charge on any atom is 0.258 e. The quantitative estimate of drug-likeness (QED) is 0.688. The molecule has 4 heteroatoms. The molecule has 3 aromatic rings. The molecule has 0 amide bonds. The number of nitrogens with zero attached hydrogens (tertiary/aromatic N) is 2. The summed E-state index contributed by atoms with van der Waals surface area (Å²) >= 11 is 1.71. The highest BCUT2D eigenvalue weighted by Gasteiger charge is 2.04. The molecule has 3 rings (SSSR count). The molecule has 2 heterocycles. The molecule has 0 fully saturated rings.